The molecule has 2 aromatic rings. The number of benzene rings is 2. The highest BCUT2D eigenvalue weighted by Gasteiger charge is 2.44. The lowest BCUT2D eigenvalue weighted by atomic mass is 9.96. The second-order valence-corrected chi connectivity index (χ2v) is 9.53. The summed E-state index contributed by atoms with van der Waals surface area (Å²) in [5.74, 6) is 0.593. The predicted octanol–water partition coefficient (Wildman–Crippen LogP) is 1.93. The maximum absolute atomic E-state index is 12.8. The SMILES string of the molecule is CN(CC(=O)NCC1(c2ccccc2)CC1)S(=O)(=O)c1ccc2c(c1)OCCO2. The molecule has 1 fully saturated rings. The van der Waals surface area contributed by atoms with E-state index in [0.717, 1.165) is 17.1 Å². The minimum absolute atomic E-state index is 0.0236. The number of ether oxygens (including phenoxy) is 2. The van der Waals surface area contributed by atoms with Crippen LogP contribution in [0.4, 0.5) is 0 Å². The van der Waals surface area contributed by atoms with E-state index in [1.54, 1.807) is 6.07 Å². The van der Waals surface area contributed by atoms with Crippen molar-refractivity contribution < 1.29 is 22.7 Å². The van der Waals surface area contributed by atoms with Crippen LogP contribution in [0.15, 0.2) is 53.4 Å². The van der Waals surface area contributed by atoms with Crippen LogP contribution in [0, 0.1) is 0 Å². The van der Waals surface area contributed by atoms with Gasteiger partial charge in [0.1, 0.15) is 13.2 Å². The molecule has 0 bridgehead atoms. The lowest BCUT2D eigenvalue weighted by molar-refractivity contribution is -0.121. The van der Waals surface area contributed by atoms with Gasteiger partial charge in [-0.05, 0) is 30.5 Å². The Morgan fingerprint density at radius 3 is 2.45 bits per heavy atom. The van der Waals surface area contributed by atoms with Crippen molar-refractivity contribution in [3.05, 3.63) is 54.1 Å². The molecule has 4 rings (SSSR count). The second kappa shape index (κ2) is 7.68. The average Bonchev–Trinajstić information content (AvgIpc) is 3.54. The Bertz CT molecular complexity index is 1000. The van der Waals surface area contributed by atoms with Crippen molar-refractivity contribution in [2.75, 3.05) is 33.4 Å². The van der Waals surface area contributed by atoms with Crippen molar-refractivity contribution in [1.82, 2.24) is 9.62 Å². The molecule has 1 aliphatic carbocycles. The monoisotopic (exact) mass is 416 g/mol. The van der Waals surface area contributed by atoms with Gasteiger partial charge in [0, 0.05) is 25.1 Å². The molecule has 7 nitrogen and oxygen atoms in total. The number of nitrogens with zero attached hydrogens (tertiary/aromatic N) is 1. The number of carbonyl (C=O) groups excluding carboxylic acids is 1. The molecule has 2 aliphatic rings. The van der Waals surface area contributed by atoms with E-state index in [-0.39, 0.29) is 22.8 Å². The molecule has 0 unspecified atom stereocenters. The fraction of sp³-hybridized carbons (Fsp3) is 0.381. The molecule has 0 radical (unpaired) electrons. The molecule has 8 heteroatoms. The minimum Gasteiger partial charge on any atom is -0.486 e. The third-order valence-corrected chi connectivity index (χ3v) is 7.25. The fourth-order valence-electron chi connectivity index (χ4n) is 3.49. The van der Waals surface area contributed by atoms with Crippen LogP contribution < -0.4 is 14.8 Å². The van der Waals surface area contributed by atoms with Gasteiger partial charge >= 0.3 is 0 Å². The maximum atomic E-state index is 12.8. The summed E-state index contributed by atoms with van der Waals surface area (Å²) in [6, 6.07) is 14.6. The third kappa shape index (κ3) is 4.09. The van der Waals surface area contributed by atoms with E-state index in [9.17, 15) is 13.2 Å². The van der Waals surface area contributed by atoms with Crippen molar-refractivity contribution in [1.29, 1.82) is 0 Å². The summed E-state index contributed by atoms with van der Waals surface area (Å²) in [6.07, 6.45) is 2.03. The first-order valence-electron chi connectivity index (χ1n) is 9.59. The summed E-state index contributed by atoms with van der Waals surface area (Å²) in [7, 11) is -2.42. The molecule has 2 aromatic carbocycles. The third-order valence-electron chi connectivity index (χ3n) is 5.45. The molecule has 1 amide bonds. The Morgan fingerprint density at radius 2 is 1.76 bits per heavy atom. The summed E-state index contributed by atoms with van der Waals surface area (Å²) >= 11 is 0. The normalized spacial score (nSPS) is 17.0. The van der Waals surface area contributed by atoms with Gasteiger partial charge in [0.15, 0.2) is 11.5 Å². The molecule has 0 saturated heterocycles. The van der Waals surface area contributed by atoms with Gasteiger partial charge in [0.25, 0.3) is 0 Å². The van der Waals surface area contributed by atoms with Gasteiger partial charge in [0.05, 0.1) is 11.4 Å². The van der Waals surface area contributed by atoms with Crippen molar-refractivity contribution in [3.8, 4) is 11.5 Å². The van der Waals surface area contributed by atoms with Crippen molar-refractivity contribution in [2.24, 2.45) is 0 Å². The average molecular weight is 416 g/mol. The van der Waals surface area contributed by atoms with Gasteiger partial charge in [-0.2, -0.15) is 4.31 Å². The summed E-state index contributed by atoms with van der Waals surface area (Å²) in [5, 5.41) is 2.90. The van der Waals surface area contributed by atoms with Gasteiger partial charge in [-0.25, -0.2) is 8.42 Å². The largest absolute Gasteiger partial charge is 0.486 e. The highest BCUT2D eigenvalue weighted by molar-refractivity contribution is 7.89. The molecule has 1 saturated carbocycles. The number of sulfonamides is 1. The minimum atomic E-state index is -3.82. The summed E-state index contributed by atoms with van der Waals surface area (Å²) < 4.78 is 37.6. The van der Waals surface area contributed by atoms with E-state index >= 15 is 0 Å². The zero-order valence-electron chi connectivity index (χ0n) is 16.3. The lowest BCUT2D eigenvalue weighted by Crippen LogP contribution is -2.41. The number of carbonyl (C=O) groups is 1. The zero-order valence-corrected chi connectivity index (χ0v) is 17.1. The summed E-state index contributed by atoms with van der Waals surface area (Å²) in [4.78, 5) is 12.5. The molecule has 1 N–H and O–H groups in total. The lowest BCUT2D eigenvalue weighted by Gasteiger charge is -2.21. The maximum Gasteiger partial charge on any atom is 0.243 e. The van der Waals surface area contributed by atoms with Crippen LogP contribution in [0.3, 0.4) is 0 Å². The van der Waals surface area contributed by atoms with E-state index in [1.165, 1.54) is 24.7 Å². The predicted molar refractivity (Wildman–Crippen MR) is 108 cm³/mol. The Hall–Kier alpha value is -2.58. The van der Waals surface area contributed by atoms with Gasteiger partial charge in [0.2, 0.25) is 15.9 Å². The first kappa shape index (κ1) is 19.7. The van der Waals surface area contributed by atoms with Crippen LogP contribution >= 0.6 is 0 Å². The first-order valence-corrected chi connectivity index (χ1v) is 11.0. The van der Waals surface area contributed by atoms with Gasteiger partial charge < -0.3 is 14.8 Å². The number of fused-ring (bicyclic) bond motifs is 1. The van der Waals surface area contributed by atoms with Crippen molar-refractivity contribution >= 4 is 15.9 Å². The van der Waals surface area contributed by atoms with Crippen molar-refractivity contribution in [3.63, 3.8) is 0 Å². The van der Waals surface area contributed by atoms with Crippen LogP contribution in [0.1, 0.15) is 18.4 Å². The van der Waals surface area contributed by atoms with Crippen LogP contribution in [0.5, 0.6) is 11.5 Å². The number of rotatable bonds is 7. The zero-order chi connectivity index (χ0) is 20.5. The standard InChI is InChI=1S/C21H24N2O5S/c1-23(29(25,26)17-7-8-18-19(13-17)28-12-11-27-18)14-20(24)22-15-21(9-10-21)16-5-3-2-4-6-16/h2-8,13H,9-12,14-15H2,1H3,(H,22,24). The van der Waals surface area contributed by atoms with Crippen LogP contribution in [0.2, 0.25) is 0 Å². The molecule has 0 atom stereocenters. The van der Waals surface area contributed by atoms with Gasteiger partial charge in [-0.15, -0.1) is 0 Å². The number of hydrogen-bond donors (Lipinski definition) is 1. The Morgan fingerprint density at radius 1 is 1.07 bits per heavy atom. The molecular formula is C21H24N2O5S. The van der Waals surface area contributed by atoms with Crippen LogP contribution in [-0.4, -0.2) is 52.0 Å². The molecule has 154 valence electrons. The topological polar surface area (TPSA) is 84.9 Å². The molecule has 0 spiro atoms. The van der Waals surface area contributed by atoms with Crippen molar-refractivity contribution in [2.45, 2.75) is 23.2 Å². The van der Waals surface area contributed by atoms with E-state index in [4.69, 9.17) is 9.47 Å². The van der Waals surface area contributed by atoms with E-state index < -0.39 is 10.0 Å². The van der Waals surface area contributed by atoms with Crippen LogP contribution in [-0.2, 0) is 20.2 Å². The highest BCUT2D eigenvalue weighted by Crippen LogP contribution is 2.47. The summed E-state index contributed by atoms with van der Waals surface area (Å²) in [6.45, 7) is 1.07. The van der Waals surface area contributed by atoms with Crippen LogP contribution in [0.25, 0.3) is 0 Å². The molecule has 1 heterocycles. The Labute approximate surface area is 170 Å². The number of hydrogen-bond acceptors (Lipinski definition) is 5. The first-order chi connectivity index (χ1) is 13.9. The Kier molecular flexibility index (Phi) is 5.23. The Balaban J connectivity index is 1.38. The van der Waals surface area contributed by atoms with E-state index in [2.05, 4.69) is 17.4 Å². The summed E-state index contributed by atoms with van der Waals surface area (Å²) in [5.41, 5.74) is 1.18. The molecule has 0 aromatic heterocycles. The number of amides is 1. The highest BCUT2D eigenvalue weighted by atomic mass is 32.2. The number of nitrogens with one attached hydrogen (secondary N) is 1. The second-order valence-electron chi connectivity index (χ2n) is 7.49. The van der Waals surface area contributed by atoms with Gasteiger partial charge in [-0.1, -0.05) is 30.3 Å². The fourth-order valence-corrected chi connectivity index (χ4v) is 4.63. The quantitative estimate of drug-likeness (QED) is 0.746. The molecular weight excluding hydrogens is 392 g/mol. The molecule has 29 heavy (non-hydrogen) atoms. The van der Waals surface area contributed by atoms with Gasteiger partial charge in [-0.3, -0.25) is 4.79 Å². The van der Waals surface area contributed by atoms with E-state index in [1.807, 2.05) is 18.2 Å². The smallest absolute Gasteiger partial charge is 0.243 e. The van der Waals surface area contributed by atoms with E-state index in [0.29, 0.717) is 31.3 Å². The molecule has 1 aliphatic heterocycles. The number of likely N-dealkylation sites (N-methyl/N-ethyl adjacent to an activating group) is 1.